The van der Waals surface area contributed by atoms with Crippen LogP contribution in [0.4, 0.5) is 0 Å². The van der Waals surface area contributed by atoms with Crippen molar-refractivity contribution in [1.29, 1.82) is 0 Å². The van der Waals surface area contributed by atoms with Crippen molar-refractivity contribution >= 4 is 23.6 Å². The van der Waals surface area contributed by atoms with Crippen molar-refractivity contribution in [2.45, 2.75) is 25.6 Å². The molecule has 0 spiro atoms. The molecule has 0 radical (unpaired) electrons. The minimum absolute atomic E-state index is 0.0951. The van der Waals surface area contributed by atoms with Gasteiger partial charge < -0.3 is 10.2 Å². The van der Waals surface area contributed by atoms with Gasteiger partial charge in [-0.3, -0.25) is 9.59 Å². The van der Waals surface area contributed by atoms with Crippen LogP contribution in [0.3, 0.4) is 0 Å². The number of benzene rings is 1. The Morgan fingerprint density at radius 1 is 1.30 bits per heavy atom. The lowest BCUT2D eigenvalue weighted by Crippen LogP contribution is -2.44. The quantitative estimate of drug-likeness (QED) is 0.870. The summed E-state index contributed by atoms with van der Waals surface area (Å²) < 4.78 is 0. The Labute approximate surface area is 124 Å². The van der Waals surface area contributed by atoms with Crippen molar-refractivity contribution in [3.63, 3.8) is 0 Å². The highest BCUT2D eigenvalue weighted by atomic mass is 32.2. The number of nitrogens with zero attached hydrogens (tertiary/aromatic N) is 1. The summed E-state index contributed by atoms with van der Waals surface area (Å²) in [4.78, 5) is 24.9. The van der Waals surface area contributed by atoms with Gasteiger partial charge in [0.25, 0.3) is 0 Å². The normalized spacial score (nSPS) is 11.8. The average molecular weight is 294 g/mol. The Balaban J connectivity index is 2.34. The zero-order chi connectivity index (χ0) is 15.1. The number of aryl methyl sites for hydroxylation is 1. The fourth-order valence-corrected chi connectivity index (χ4v) is 2.67. The van der Waals surface area contributed by atoms with Crippen LogP contribution >= 0.6 is 11.8 Å². The second-order valence-electron chi connectivity index (χ2n) is 4.94. The van der Waals surface area contributed by atoms with Crippen LogP contribution in [-0.4, -0.2) is 42.6 Å². The first-order chi connectivity index (χ1) is 9.41. The number of likely N-dealkylation sites (N-methyl/N-ethyl adjacent to an activating group) is 1. The van der Waals surface area contributed by atoms with Gasteiger partial charge in [0.05, 0.1) is 5.75 Å². The van der Waals surface area contributed by atoms with E-state index in [0.29, 0.717) is 5.75 Å². The van der Waals surface area contributed by atoms with E-state index in [1.165, 1.54) is 16.0 Å². The van der Waals surface area contributed by atoms with Crippen LogP contribution in [0.1, 0.15) is 18.1 Å². The van der Waals surface area contributed by atoms with E-state index in [2.05, 4.69) is 24.4 Å². The molecule has 1 aromatic rings. The monoisotopic (exact) mass is 294 g/mol. The number of carbonyl (C=O) groups excluding carboxylic acids is 2. The molecule has 110 valence electrons. The fraction of sp³-hybridized carbons (Fsp3) is 0.467. The first-order valence-electron chi connectivity index (χ1n) is 6.54. The SMILES string of the molecule is Cc1ccccc1CSCC(=O)NC(C)C(=O)N(C)C. The van der Waals surface area contributed by atoms with E-state index in [1.807, 2.05) is 12.1 Å². The third-order valence-corrected chi connectivity index (χ3v) is 3.92. The maximum atomic E-state index is 11.8. The van der Waals surface area contributed by atoms with Gasteiger partial charge in [0.15, 0.2) is 0 Å². The number of thioether (sulfide) groups is 1. The molecule has 2 amide bonds. The zero-order valence-corrected chi connectivity index (χ0v) is 13.3. The summed E-state index contributed by atoms with van der Waals surface area (Å²) in [7, 11) is 3.36. The molecule has 0 aliphatic heterocycles. The molecule has 1 atom stereocenters. The molecular formula is C15H22N2O2S. The third kappa shape index (κ3) is 5.25. The summed E-state index contributed by atoms with van der Waals surface area (Å²) in [5, 5.41) is 2.71. The van der Waals surface area contributed by atoms with Gasteiger partial charge in [-0.2, -0.15) is 0 Å². The maximum absolute atomic E-state index is 11.8. The maximum Gasteiger partial charge on any atom is 0.244 e. The second-order valence-corrected chi connectivity index (χ2v) is 5.93. The van der Waals surface area contributed by atoms with Crippen molar-refractivity contribution in [2.75, 3.05) is 19.8 Å². The van der Waals surface area contributed by atoms with Crippen LogP contribution in [0.25, 0.3) is 0 Å². The second kappa shape index (κ2) is 7.94. The molecule has 4 nitrogen and oxygen atoms in total. The summed E-state index contributed by atoms with van der Waals surface area (Å²) in [6.45, 7) is 3.76. The van der Waals surface area contributed by atoms with Crippen LogP contribution in [0, 0.1) is 6.92 Å². The van der Waals surface area contributed by atoms with Crippen LogP contribution in [0.15, 0.2) is 24.3 Å². The highest BCUT2D eigenvalue weighted by molar-refractivity contribution is 7.99. The fourth-order valence-electron chi connectivity index (χ4n) is 1.76. The average Bonchev–Trinajstić information content (AvgIpc) is 2.39. The van der Waals surface area contributed by atoms with Crippen LogP contribution in [-0.2, 0) is 15.3 Å². The molecule has 0 fully saturated rings. The number of amides is 2. The molecule has 1 aromatic carbocycles. The summed E-state index contributed by atoms with van der Waals surface area (Å²) in [6, 6.07) is 7.66. The standard InChI is InChI=1S/C15H22N2O2S/c1-11-7-5-6-8-13(11)9-20-10-14(18)16-12(2)15(19)17(3)4/h5-8,12H,9-10H2,1-4H3,(H,16,18). The zero-order valence-electron chi connectivity index (χ0n) is 12.5. The number of rotatable bonds is 6. The highest BCUT2D eigenvalue weighted by Gasteiger charge is 2.16. The van der Waals surface area contributed by atoms with E-state index in [1.54, 1.807) is 32.8 Å². The Morgan fingerprint density at radius 3 is 2.55 bits per heavy atom. The third-order valence-electron chi connectivity index (χ3n) is 2.94. The minimum atomic E-state index is -0.475. The minimum Gasteiger partial charge on any atom is -0.347 e. The number of hydrogen-bond acceptors (Lipinski definition) is 3. The molecule has 0 saturated heterocycles. The molecular weight excluding hydrogens is 272 g/mol. The van der Waals surface area contributed by atoms with Gasteiger partial charge in [0, 0.05) is 19.8 Å². The first-order valence-corrected chi connectivity index (χ1v) is 7.70. The van der Waals surface area contributed by atoms with Gasteiger partial charge in [-0.05, 0) is 25.0 Å². The summed E-state index contributed by atoms with van der Waals surface area (Å²) in [5.41, 5.74) is 2.47. The first kappa shape index (κ1) is 16.6. The summed E-state index contributed by atoms with van der Waals surface area (Å²) in [5.74, 6) is 0.962. The van der Waals surface area contributed by atoms with Crippen LogP contribution in [0.2, 0.25) is 0 Å². The molecule has 20 heavy (non-hydrogen) atoms. The molecule has 1 N–H and O–H groups in total. The van der Waals surface area contributed by atoms with Gasteiger partial charge in [0.1, 0.15) is 6.04 Å². The lowest BCUT2D eigenvalue weighted by atomic mass is 10.1. The van der Waals surface area contributed by atoms with E-state index >= 15 is 0 Å². The van der Waals surface area contributed by atoms with Gasteiger partial charge in [-0.1, -0.05) is 24.3 Å². The predicted octanol–water partition coefficient (Wildman–Crippen LogP) is 1.82. The predicted molar refractivity (Wildman–Crippen MR) is 83.6 cm³/mol. The van der Waals surface area contributed by atoms with Gasteiger partial charge >= 0.3 is 0 Å². The smallest absolute Gasteiger partial charge is 0.244 e. The molecule has 0 bridgehead atoms. The van der Waals surface area contributed by atoms with Crippen LogP contribution in [0.5, 0.6) is 0 Å². The van der Waals surface area contributed by atoms with Crippen molar-refractivity contribution in [2.24, 2.45) is 0 Å². The highest BCUT2D eigenvalue weighted by Crippen LogP contribution is 2.15. The van der Waals surface area contributed by atoms with E-state index in [9.17, 15) is 9.59 Å². The van der Waals surface area contributed by atoms with E-state index in [4.69, 9.17) is 0 Å². The lowest BCUT2D eigenvalue weighted by Gasteiger charge is -2.17. The van der Waals surface area contributed by atoms with E-state index in [0.717, 1.165) is 5.75 Å². The molecule has 5 heteroatoms. The Morgan fingerprint density at radius 2 is 1.95 bits per heavy atom. The van der Waals surface area contributed by atoms with Crippen LogP contribution < -0.4 is 5.32 Å². The molecule has 0 aromatic heterocycles. The summed E-state index contributed by atoms with van der Waals surface area (Å²) >= 11 is 1.55. The molecule has 0 saturated carbocycles. The molecule has 1 unspecified atom stereocenters. The Hall–Kier alpha value is -1.49. The van der Waals surface area contributed by atoms with E-state index < -0.39 is 6.04 Å². The number of nitrogens with one attached hydrogen (secondary N) is 1. The summed E-state index contributed by atoms with van der Waals surface area (Å²) in [6.07, 6.45) is 0. The van der Waals surface area contributed by atoms with Gasteiger partial charge in [0.2, 0.25) is 11.8 Å². The molecule has 0 aliphatic carbocycles. The van der Waals surface area contributed by atoms with Gasteiger partial charge in [-0.25, -0.2) is 0 Å². The van der Waals surface area contributed by atoms with Crippen molar-refractivity contribution in [3.05, 3.63) is 35.4 Å². The van der Waals surface area contributed by atoms with E-state index in [-0.39, 0.29) is 11.8 Å². The van der Waals surface area contributed by atoms with Crippen molar-refractivity contribution in [3.8, 4) is 0 Å². The number of hydrogen-bond donors (Lipinski definition) is 1. The lowest BCUT2D eigenvalue weighted by molar-refractivity contribution is -0.133. The molecule has 0 aliphatic rings. The largest absolute Gasteiger partial charge is 0.347 e. The molecule has 1 rings (SSSR count). The Bertz CT molecular complexity index is 475. The van der Waals surface area contributed by atoms with Crippen molar-refractivity contribution in [1.82, 2.24) is 10.2 Å². The number of carbonyl (C=O) groups is 2. The topological polar surface area (TPSA) is 49.4 Å². The molecule has 0 heterocycles. The van der Waals surface area contributed by atoms with Crippen molar-refractivity contribution < 1.29 is 9.59 Å². The van der Waals surface area contributed by atoms with Gasteiger partial charge in [-0.15, -0.1) is 11.8 Å². The Kier molecular flexibility index (Phi) is 6.58.